The van der Waals surface area contributed by atoms with Gasteiger partial charge in [-0.3, -0.25) is 4.79 Å². The van der Waals surface area contributed by atoms with Crippen molar-refractivity contribution in [2.45, 2.75) is 12.8 Å². The average Bonchev–Trinajstić information content (AvgIpc) is 2.73. The van der Waals surface area contributed by atoms with Gasteiger partial charge in [0.15, 0.2) is 0 Å². The Balaban J connectivity index is 2.25. The van der Waals surface area contributed by atoms with E-state index in [0.717, 1.165) is 11.1 Å². The van der Waals surface area contributed by atoms with E-state index in [1.807, 2.05) is 66.9 Å². The summed E-state index contributed by atoms with van der Waals surface area (Å²) >= 11 is 1.42. The molecule has 0 saturated carbocycles. The number of carbonyl (C=O) groups excluding carboxylic acids is 1. The number of aliphatic imine (C=N–C) groups is 1. The monoisotopic (exact) mass is 376 g/mol. The molecule has 0 N–H and O–H groups in total. The summed E-state index contributed by atoms with van der Waals surface area (Å²) in [7, 11) is 0. The summed E-state index contributed by atoms with van der Waals surface area (Å²) in [6.07, 6.45) is 1.89. The molecule has 27 heavy (non-hydrogen) atoms. The fourth-order valence-electron chi connectivity index (χ4n) is 3.32. The van der Waals surface area contributed by atoms with Crippen LogP contribution >= 0.6 is 11.8 Å². The lowest BCUT2D eigenvalue weighted by atomic mass is 9.75. The zero-order chi connectivity index (χ0) is 19.2. The van der Waals surface area contributed by atoms with Crippen LogP contribution in [0.4, 0.5) is 0 Å². The molecule has 1 unspecified atom stereocenters. The second-order valence-electron chi connectivity index (χ2n) is 6.02. The van der Waals surface area contributed by atoms with Crippen LogP contribution in [-0.2, 0) is 9.53 Å². The Morgan fingerprint density at radius 3 is 2.33 bits per heavy atom. The molecule has 3 rings (SSSR count). The number of benzene rings is 2. The van der Waals surface area contributed by atoms with Crippen molar-refractivity contribution in [1.29, 1.82) is 5.26 Å². The highest BCUT2D eigenvalue weighted by Crippen LogP contribution is 2.42. The molecule has 0 aliphatic carbocycles. The second kappa shape index (κ2) is 8.70. The molecule has 1 aliphatic heterocycles. The SMILES string of the molecule is CCOC(=O)C1C(c2ccccc2)=NC(SC)=C(C#N)[C@@H]1c1ccccc1. The number of nitrogens with zero attached hydrogens (tertiary/aromatic N) is 2. The summed E-state index contributed by atoms with van der Waals surface area (Å²) < 4.78 is 5.39. The minimum absolute atomic E-state index is 0.278. The van der Waals surface area contributed by atoms with Crippen LogP contribution in [0.3, 0.4) is 0 Å². The minimum Gasteiger partial charge on any atom is -0.465 e. The van der Waals surface area contributed by atoms with Crippen molar-refractivity contribution in [1.82, 2.24) is 0 Å². The molecule has 5 heteroatoms. The van der Waals surface area contributed by atoms with E-state index in [-0.39, 0.29) is 12.6 Å². The van der Waals surface area contributed by atoms with Gasteiger partial charge in [-0.05, 0) is 24.3 Å². The van der Waals surface area contributed by atoms with Gasteiger partial charge in [-0.25, -0.2) is 4.99 Å². The van der Waals surface area contributed by atoms with Crippen LogP contribution in [0.25, 0.3) is 0 Å². The van der Waals surface area contributed by atoms with Gasteiger partial charge in [-0.1, -0.05) is 60.7 Å². The summed E-state index contributed by atoms with van der Waals surface area (Å²) in [4.78, 5) is 17.7. The Morgan fingerprint density at radius 2 is 1.78 bits per heavy atom. The maximum Gasteiger partial charge on any atom is 0.316 e. The lowest BCUT2D eigenvalue weighted by Gasteiger charge is -2.31. The number of rotatable bonds is 5. The zero-order valence-electron chi connectivity index (χ0n) is 15.3. The van der Waals surface area contributed by atoms with E-state index in [2.05, 4.69) is 6.07 Å². The Bertz CT molecular complexity index is 914. The van der Waals surface area contributed by atoms with Gasteiger partial charge in [-0.2, -0.15) is 5.26 Å². The summed E-state index contributed by atoms with van der Waals surface area (Å²) in [6, 6.07) is 21.6. The maximum absolute atomic E-state index is 13.0. The largest absolute Gasteiger partial charge is 0.465 e. The van der Waals surface area contributed by atoms with Gasteiger partial charge in [-0.15, -0.1) is 11.8 Å². The molecule has 0 amide bonds. The highest BCUT2D eigenvalue weighted by molar-refractivity contribution is 8.02. The first-order valence-corrected chi connectivity index (χ1v) is 9.97. The number of esters is 1. The van der Waals surface area contributed by atoms with Gasteiger partial charge in [0.05, 0.1) is 24.0 Å². The molecule has 136 valence electrons. The summed E-state index contributed by atoms with van der Waals surface area (Å²) in [6.45, 7) is 2.06. The number of allylic oxidation sites excluding steroid dienone is 1. The summed E-state index contributed by atoms with van der Waals surface area (Å²) in [5.74, 6) is -1.45. The smallest absolute Gasteiger partial charge is 0.316 e. The predicted octanol–water partition coefficient (Wildman–Crippen LogP) is 4.55. The Kier molecular flexibility index (Phi) is 6.10. The van der Waals surface area contributed by atoms with Crippen LogP contribution in [0.2, 0.25) is 0 Å². The molecule has 1 aliphatic rings. The fourth-order valence-corrected chi connectivity index (χ4v) is 3.90. The first-order chi connectivity index (χ1) is 13.2. The lowest BCUT2D eigenvalue weighted by Crippen LogP contribution is -2.36. The first-order valence-electron chi connectivity index (χ1n) is 8.75. The normalized spacial score (nSPS) is 19.2. The van der Waals surface area contributed by atoms with E-state index in [4.69, 9.17) is 9.73 Å². The zero-order valence-corrected chi connectivity index (χ0v) is 16.1. The number of thioether (sulfide) groups is 1. The predicted molar refractivity (Wildman–Crippen MR) is 108 cm³/mol. The van der Waals surface area contributed by atoms with Gasteiger partial charge in [0.1, 0.15) is 10.9 Å². The highest BCUT2D eigenvalue weighted by Gasteiger charge is 2.42. The lowest BCUT2D eigenvalue weighted by molar-refractivity contribution is -0.145. The van der Waals surface area contributed by atoms with E-state index in [1.165, 1.54) is 11.8 Å². The third kappa shape index (κ3) is 3.81. The molecule has 0 saturated heterocycles. The maximum atomic E-state index is 13.0. The van der Waals surface area contributed by atoms with Crippen LogP contribution < -0.4 is 0 Å². The molecule has 2 aromatic carbocycles. The van der Waals surface area contributed by atoms with Crippen molar-refractivity contribution in [3.63, 3.8) is 0 Å². The van der Waals surface area contributed by atoms with Gasteiger partial charge < -0.3 is 4.74 Å². The first kappa shape index (κ1) is 18.9. The Morgan fingerprint density at radius 1 is 1.15 bits per heavy atom. The molecule has 1 heterocycles. The second-order valence-corrected chi connectivity index (χ2v) is 6.81. The third-order valence-corrected chi connectivity index (χ3v) is 5.17. The topological polar surface area (TPSA) is 62.4 Å². The third-order valence-electron chi connectivity index (χ3n) is 4.47. The van der Waals surface area contributed by atoms with E-state index in [9.17, 15) is 10.1 Å². The highest BCUT2D eigenvalue weighted by atomic mass is 32.2. The molecule has 0 bridgehead atoms. The van der Waals surface area contributed by atoms with Crippen molar-refractivity contribution in [2.24, 2.45) is 10.9 Å². The molecule has 0 radical (unpaired) electrons. The van der Waals surface area contributed by atoms with Crippen LogP contribution in [0.1, 0.15) is 24.0 Å². The summed E-state index contributed by atoms with van der Waals surface area (Å²) in [5, 5.41) is 10.5. The van der Waals surface area contributed by atoms with Crippen LogP contribution in [0.15, 0.2) is 76.3 Å². The minimum atomic E-state index is -0.666. The van der Waals surface area contributed by atoms with Crippen molar-refractivity contribution in [2.75, 3.05) is 12.9 Å². The van der Waals surface area contributed by atoms with Crippen LogP contribution in [-0.4, -0.2) is 24.5 Å². The Labute approximate surface area is 163 Å². The van der Waals surface area contributed by atoms with Crippen LogP contribution in [0.5, 0.6) is 0 Å². The number of hydrogen-bond donors (Lipinski definition) is 0. The molecule has 0 fully saturated rings. The fraction of sp³-hybridized carbons (Fsp3) is 0.227. The van der Waals surface area contributed by atoms with Crippen LogP contribution in [0, 0.1) is 17.2 Å². The van der Waals surface area contributed by atoms with Crippen molar-refractivity contribution in [3.05, 3.63) is 82.4 Å². The number of hydrogen-bond acceptors (Lipinski definition) is 5. The van der Waals surface area contributed by atoms with E-state index < -0.39 is 11.8 Å². The molecule has 0 aromatic heterocycles. The summed E-state index contributed by atoms with van der Waals surface area (Å²) in [5.41, 5.74) is 2.92. The molecule has 0 spiro atoms. The molecular weight excluding hydrogens is 356 g/mol. The number of ether oxygens (including phenoxy) is 1. The Hall–Kier alpha value is -2.84. The molecular formula is C22H20N2O2S. The number of carbonyl (C=O) groups is 1. The van der Waals surface area contributed by atoms with Gasteiger partial charge in [0.2, 0.25) is 0 Å². The molecule has 4 nitrogen and oxygen atoms in total. The average molecular weight is 376 g/mol. The van der Waals surface area contributed by atoms with Gasteiger partial charge >= 0.3 is 5.97 Å². The quantitative estimate of drug-likeness (QED) is 0.718. The number of nitriles is 1. The molecule has 2 aromatic rings. The van der Waals surface area contributed by atoms with E-state index in [1.54, 1.807) is 6.92 Å². The van der Waals surface area contributed by atoms with Gasteiger partial charge in [0, 0.05) is 5.92 Å². The van der Waals surface area contributed by atoms with Crippen molar-refractivity contribution >= 4 is 23.4 Å². The van der Waals surface area contributed by atoms with Gasteiger partial charge in [0.25, 0.3) is 0 Å². The molecule has 2 atom stereocenters. The van der Waals surface area contributed by atoms with E-state index in [0.29, 0.717) is 16.3 Å². The van der Waals surface area contributed by atoms with Crippen molar-refractivity contribution < 1.29 is 9.53 Å². The van der Waals surface area contributed by atoms with Crippen molar-refractivity contribution in [3.8, 4) is 6.07 Å². The van der Waals surface area contributed by atoms with E-state index >= 15 is 0 Å². The standard InChI is InChI=1S/C22H20N2O2S/c1-3-26-22(25)19-18(15-10-6-4-7-11-15)17(14-23)21(27-2)24-20(19)16-12-8-5-9-13-16/h4-13,18-19H,3H2,1-2H3/t18-,19?/m0/s1.